The lowest BCUT2D eigenvalue weighted by molar-refractivity contribution is -0.121. The van der Waals surface area contributed by atoms with Gasteiger partial charge in [-0.25, -0.2) is 0 Å². The van der Waals surface area contributed by atoms with Crippen LogP contribution in [0, 0.1) is 0 Å². The average Bonchev–Trinajstić information content (AvgIpc) is 2.49. The highest BCUT2D eigenvalue weighted by Gasteiger charge is 2.00. The molecular formula is C16H35ClN2O3. The summed E-state index contributed by atoms with van der Waals surface area (Å²) in [5, 5.41) is 2.87. The van der Waals surface area contributed by atoms with E-state index in [0.717, 1.165) is 12.8 Å². The molecule has 0 aliphatic rings. The number of halogens is 1. The van der Waals surface area contributed by atoms with Gasteiger partial charge in [0.15, 0.2) is 0 Å². The van der Waals surface area contributed by atoms with Gasteiger partial charge in [0.25, 0.3) is 0 Å². The Morgan fingerprint density at radius 2 is 1.50 bits per heavy atom. The van der Waals surface area contributed by atoms with E-state index < -0.39 is 0 Å². The molecule has 0 fully saturated rings. The van der Waals surface area contributed by atoms with Gasteiger partial charge in [-0.05, 0) is 6.42 Å². The van der Waals surface area contributed by atoms with Crippen molar-refractivity contribution >= 4 is 18.3 Å². The number of amides is 1. The van der Waals surface area contributed by atoms with Crippen molar-refractivity contribution in [3.05, 3.63) is 0 Å². The van der Waals surface area contributed by atoms with Crippen molar-refractivity contribution in [1.29, 1.82) is 0 Å². The van der Waals surface area contributed by atoms with Crippen LogP contribution in [0.2, 0.25) is 0 Å². The average molecular weight is 339 g/mol. The number of hydrogen-bond donors (Lipinski definition) is 2. The fourth-order valence-corrected chi connectivity index (χ4v) is 2.00. The minimum atomic E-state index is 0. The first kappa shape index (κ1) is 23.9. The largest absolute Gasteiger partial charge is 0.378 e. The second kappa shape index (κ2) is 20.6. The molecule has 5 nitrogen and oxygen atoms in total. The molecule has 1 amide bonds. The number of carbonyl (C=O) groups is 1. The molecule has 0 aliphatic carbocycles. The maximum atomic E-state index is 11.5. The zero-order chi connectivity index (χ0) is 15.6. The van der Waals surface area contributed by atoms with Gasteiger partial charge in [-0.1, -0.05) is 45.4 Å². The minimum Gasteiger partial charge on any atom is -0.378 e. The van der Waals surface area contributed by atoms with Crippen LogP contribution in [-0.4, -0.2) is 45.4 Å². The zero-order valence-corrected chi connectivity index (χ0v) is 14.9. The Bertz CT molecular complexity index is 231. The van der Waals surface area contributed by atoms with Gasteiger partial charge in [0.1, 0.15) is 0 Å². The summed E-state index contributed by atoms with van der Waals surface area (Å²) in [6.45, 7) is 5.55. The number of carbonyl (C=O) groups excluding carboxylic acids is 1. The van der Waals surface area contributed by atoms with Gasteiger partial charge in [-0.2, -0.15) is 0 Å². The van der Waals surface area contributed by atoms with Crippen LogP contribution < -0.4 is 11.1 Å². The molecule has 134 valence electrons. The van der Waals surface area contributed by atoms with Gasteiger partial charge in [0, 0.05) is 19.5 Å². The Labute approximate surface area is 142 Å². The van der Waals surface area contributed by atoms with Gasteiger partial charge in [0.2, 0.25) is 5.91 Å². The number of rotatable bonds is 16. The molecule has 0 aromatic rings. The molecule has 0 aliphatic heterocycles. The molecule has 0 aromatic carbocycles. The lowest BCUT2D eigenvalue weighted by Gasteiger charge is -2.07. The zero-order valence-electron chi connectivity index (χ0n) is 14.1. The number of ether oxygens (including phenoxy) is 2. The first-order valence-corrected chi connectivity index (χ1v) is 8.43. The van der Waals surface area contributed by atoms with E-state index >= 15 is 0 Å². The van der Waals surface area contributed by atoms with Crippen molar-refractivity contribution in [2.75, 3.05) is 39.5 Å². The first-order chi connectivity index (χ1) is 10.3. The molecule has 22 heavy (non-hydrogen) atoms. The standard InChI is InChI=1S/C16H34N2O3.ClH/c1-2-3-4-5-6-7-8-9-16(19)18-11-13-21-15-14-20-12-10-17;/h2-15,17H2,1H3,(H,18,19);1H. The predicted molar refractivity (Wildman–Crippen MR) is 93.6 cm³/mol. The van der Waals surface area contributed by atoms with Crippen molar-refractivity contribution in [2.45, 2.75) is 58.3 Å². The predicted octanol–water partition coefficient (Wildman–Crippen LogP) is 2.66. The smallest absolute Gasteiger partial charge is 0.220 e. The van der Waals surface area contributed by atoms with Crippen LogP contribution in [0.3, 0.4) is 0 Å². The van der Waals surface area contributed by atoms with Crippen molar-refractivity contribution in [2.24, 2.45) is 5.73 Å². The molecule has 0 aromatic heterocycles. The molecule has 0 saturated heterocycles. The van der Waals surface area contributed by atoms with E-state index in [0.29, 0.717) is 45.9 Å². The Hall–Kier alpha value is -0.360. The molecule has 3 N–H and O–H groups in total. The third-order valence-electron chi connectivity index (χ3n) is 3.21. The first-order valence-electron chi connectivity index (χ1n) is 8.43. The Balaban J connectivity index is 0. The molecule has 0 atom stereocenters. The molecule has 0 saturated carbocycles. The van der Waals surface area contributed by atoms with E-state index in [4.69, 9.17) is 15.2 Å². The van der Waals surface area contributed by atoms with E-state index in [2.05, 4.69) is 12.2 Å². The summed E-state index contributed by atoms with van der Waals surface area (Å²) in [5.41, 5.74) is 5.29. The molecule has 0 bridgehead atoms. The van der Waals surface area contributed by atoms with E-state index in [1.165, 1.54) is 32.1 Å². The fraction of sp³-hybridized carbons (Fsp3) is 0.938. The Morgan fingerprint density at radius 3 is 2.14 bits per heavy atom. The lowest BCUT2D eigenvalue weighted by Crippen LogP contribution is -2.27. The SMILES string of the molecule is CCCCCCCCCC(=O)NCCOCCOCCN.Cl. The summed E-state index contributed by atoms with van der Waals surface area (Å²) >= 11 is 0. The summed E-state index contributed by atoms with van der Waals surface area (Å²) < 4.78 is 10.5. The van der Waals surface area contributed by atoms with Crippen LogP contribution in [0.15, 0.2) is 0 Å². The normalized spacial score (nSPS) is 10.3. The van der Waals surface area contributed by atoms with Crippen LogP contribution in [0.1, 0.15) is 58.3 Å². The second-order valence-electron chi connectivity index (χ2n) is 5.23. The molecule has 0 rings (SSSR count). The van der Waals surface area contributed by atoms with Gasteiger partial charge in [-0.3, -0.25) is 4.79 Å². The quantitative estimate of drug-likeness (QED) is 0.424. The fourth-order valence-electron chi connectivity index (χ4n) is 2.00. The van der Waals surface area contributed by atoms with E-state index in [9.17, 15) is 4.79 Å². The molecule has 0 unspecified atom stereocenters. The maximum absolute atomic E-state index is 11.5. The number of hydrogen-bond acceptors (Lipinski definition) is 4. The van der Waals surface area contributed by atoms with E-state index in [1.54, 1.807) is 0 Å². The topological polar surface area (TPSA) is 73.6 Å². The van der Waals surface area contributed by atoms with Crippen molar-refractivity contribution < 1.29 is 14.3 Å². The number of nitrogens with one attached hydrogen (secondary N) is 1. The minimum absolute atomic E-state index is 0. The lowest BCUT2D eigenvalue weighted by atomic mass is 10.1. The maximum Gasteiger partial charge on any atom is 0.220 e. The van der Waals surface area contributed by atoms with Crippen LogP contribution >= 0.6 is 12.4 Å². The summed E-state index contributed by atoms with van der Waals surface area (Å²) in [6, 6.07) is 0. The second-order valence-corrected chi connectivity index (χ2v) is 5.23. The van der Waals surface area contributed by atoms with Crippen LogP contribution in [0.4, 0.5) is 0 Å². The highest BCUT2D eigenvalue weighted by molar-refractivity contribution is 5.85. The molecule has 0 heterocycles. The van der Waals surface area contributed by atoms with Crippen LogP contribution in [0.5, 0.6) is 0 Å². The van der Waals surface area contributed by atoms with Gasteiger partial charge in [-0.15, -0.1) is 12.4 Å². The van der Waals surface area contributed by atoms with E-state index in [1.807, 2.05) is 0 Å². The highest BCUT2D eigenvalue weighted by Crippen LogP contribution is 2.08. The molecule has 0 radical (unpaired) electrons. The van der Waals surface area contributed by atoms with E-state index in [-0.39, 0.29) is 18.3 Å². The van der Waals surface area contributed by atoms with Gasteiger partial charge >= 0.3 is 0 Å². The number of nitrogens with two attached hydrogens (primary N) is 1. The van der Waals surface area contributed by atoms with Gasteiger partial charge < -0.3 is 20.5 Å². The third kappa shape index (κ3) is 19.6. The third-order valence-corrected chi connectivity index (χ3v) is 3.21. The number of unbranched alkanes of at least 4 members (excludes halogenated alkanes) is 6. The molecular weight excluding hydrogens is 304 g/mol. The monoisotopic (exact) mass is 338 g/mol. The summed E-state index contributed by atoms with van der Waals surface area (Å²) in [4.78, 5) is 11.5. The van der Waals surface area contributed by atoms with Crippen LogP contribution in [0.25, 0.3) is 0 Å². The van der Waals surface area contributed by atoms with Gasteiger partial charge in [0.05, 0.1) is 26.4 Å². The Morgan fingerprint density at radius 1 is 0.909 bits per heavy atom. The molecule has 6 heteroatoms. The van der Waals surface area contributed by atoms with Crippen molar-refractivity contribution in [1.82, 2.24) is 5.32 Å². The highest BCUT2D eigenvalue weighted by atomic mass is 35.5. The summed E-state index contributed by atoms with van der Waals surface area (Å²) in [6.07, 6.45) is 9.27. The summed E-state index contributed by atoms with van der Waals surface area (Å²) in [7, 11) is 0. The van der Waals surface area contributed by atoms with Crippen molar-refractivity contribution in [3.8, 4) is 0 Å². The molecule has 0 spiro atoms. The Kier molecular flexibility index (Phi) is 22.4. The van der Waals surface area contributed by atoms with Crippen LogP contribution in [-0.2, 0) is 14.3 Å². The van der Waals surface area contributed by atoms with Crippen molar-refractivity contribution in [3.63, 3.8) is 0 Å². The summed E-state index contributed by atoms with van der Waals surface area (Å²) in [5.74, 6) is 0.131.